The Balaban J connectivity index is 0.000000385. The van der Waals surface area contributed by atoms with Gasteiger partial charge in [0.15, 0.2) is 6.10 Å². The maximum absolute atomic E-state index is 10.2. The van der Waals surface area contributed by atoms with E-state index in [1.54, 1.807) is 30.3 Å². The summed E-state index contributed by atoms with van der Waals surface area (Å²) < 4.78 is 0. The van der Waals surface area contributed by atoms with Gasteiger partial charge in [-0.1, -0.05) is 30.3 Å². The van der Waals surface area contributed by atoms with Crippen LogP contribution >= 0.6 is 0 Å². The van der Waals surface area contributed by atoms with Gasteiger partial charge in [0.1, 0.15) is 6.61 Å². The van der Waals surface area contributed by atoms with Gasteiger partial charge >= 0.3 is 11.9 Å². The molecular formula is C10H12O6. The van der Waals surface area contributed by atoms with E-state index in [1.807, 2.05) is 0 Å². The number of aliphatic hydroxyl groups is 2. The smallest absolute Gasteiger partial charge is 0.337 e. The van der Waals surface area contributed by atoms with E-state index in [2.05, 4.69) is 0 Å². The lowest BCUT2D eigenvalue weighted by Crippen LogP contribution is -2.09. The van der Waals surface area contributed by atoms with Crippen molar-refractivity contribution in [3.05, 3.63) is 35.9 Å². The lowest BCUT2D eigenvalue weighted by Gasteiger charge is -2.03. The van der Waals surface area contributed by atoms with E-state index in [0.29, 0.717) is 5.56 Å². The van der Waals surface area contributed by atoms with Gasteiger partial charge in [-0.15, -0.1) is 0 Å². The summed E-state index contributed by atoms with van der Waals surface area (Å²) in [5, 5.41) is 32.4. The molecule has 0 aliphatic heterocycles. The van der Waals surface area contributed by atoms with Crippen LogP contribution in [0, 0.1) is 0 Å². The topological polar surface area (TPSA) is 115 Å². The molecule has 1 atom stereocenters. The van der Waals surface area contributed by atoms with Crippen LogP contribution in [0.25, 0.3) is 0 Å². The Morgan fingerprint density at radius 1 is 1.12 bits per heavy atom. The summed E-state index contributed by atoms with van der Waals surface area (Å²) in [6, 6.07) is 8.26. The molecule has 4 N–H and O–H groups in total. The summed E-state index contributed by atoms with van der Waals surface area (Å²) in [5.74, 6) is -2.42. The first-order chi connectivity index (χ1) is 7.49. The van der Waals surface area contributed by atoms with Crippen molar-refractivity contribution in [2.24, 2.45) is 0 Å². The highest BCUT2D eigenvalue weighted by Gasteiger charge is 2.14. The van der Waals surface area contributed by atoms with Gasteiger partial charge in [0.25, 0.3) is 0 Å². The second-order valence-corrected chi connectivity index (χ2v) is 2.70. The van der Waals surface area contributed by atoms with Crippen molar-refractivity contribution < 1.29 is 30.0 Å². The number of hydrogen-bond acceptors (Lipinski definition) is 4. The van der Waals surface area contributed by atoms with Crippen LogP contribution in [-0.4, -0.2) is 39.0 Å². The summed E-state index contributed by atoms with van der Waals surface area (Å²) in [5.41, 5.74) is 0.403. The second-order valence-electron chi connectivity index (χ2n) is 2.70. The van der Waals surface area contributed by atoms with Crippen LogP contribution in [-0.2, 0) is 9.59 Å². The first-order valence-electron chi connectivity index (χ1n) is 4.27. The molecule has 6 heteroatoms. The van der Waals surface area contributed by atoms with E-state index in [1.165, 1.54) is 0 Å². The molecule has 0 aliphatic rings. The SMILES string of the molecule is O=C(O)C(O)c1ccccc1.O=C(O)CO. The quantitative estimate of drug-likeness (QED) is 0.572. The molecule has 0 amide bonds. The molecule has 1 aromatic rings. The van der Waals surface area contributed by atoms with Gasteiger partial charge in [-0.2, -0.15) is 0 Å². The number of rotatable bonds is 3. The number of hydrogen-bond donors (Lipinski definition) is 4. The Morgan fingerprint density at radius 2 is 1.56 bits per heavy atom. The molecule has 0 saturated carbocycles. The van der Waals surface area contributed by atoms with Crippen molar-refractivity contribution in [1.29, 1.82) is 0 Å². The maximum Gasteiger partial charge on any atom is 0.337 e. The Bertz CT molecular complexity index is 334. The Kier molecular flexibility index (Phi) is 6.50. The van der Waals surface area contributed by atoms with Gasteiger partial charge in [-0.05, 0) is 5.56 Å². The second kappa shape index (κ2) is 7.38. The first-order valence-corrected chi connectivity index (χ1v) is 4.27. The molecule has 0 fully saturated rings. The average molecular weight is 228 g/mol. The molecule has 0 aromatic heterocycles. The molecule has 16 heavy (non-hydrogen) atoms. The van der Waals surface area contributed by atoms with Crippen LogP contribution in [0.4, 0.5) is 0 Å². The summed E-state index contributed by atoms with van der Waals surface area (Å²) in [6.07, 6.45) is -1.41. The zero-order chi connectivity index (χ0) is 12.6. The van der Waals surface area contributed by atoms with Crippen molar-refractivity contribution in [2.75, 3.05) is 6.61 Å². The highest BCUT2D eigenvalue weighted by Crippen LogP contribution is 2.10. The van der Waals surface area contributed by atoms with Crippen molar-refractivity contribution in [3.63, 3.8) is 0 Å². The predicted octanol–water partition coefficient (Wildman–Crippen LogP) is -0.132. The van der Waals surface area contributed by atoms with E-state index in [-0.39, 0.29) is 0 Å². The van der Waals surface area contributed by atoms with Crippen LogP contribution in [0.2, 0.25) is 0 Å². The number of carboxylic acid groups (broad SMARTS) is 2. The van der Waals surface area contributed by atoms with E-state index in [0.717, 1.165) is 0 Å². The van der Waals surface area contributed by atoms with Crippen LogP contribution < -0.4 is 0 Å². The normalized spacial score (nSPS) is 10.9. The summed E-state index contributed by atoms with van der Waals surface area (Å²) in [4.78, 5) is 19.4. The minimum Gasteiger partial charge on any atom is -0.480 e. The lowest BCUT2D eigenvalue weighted by atomic mass is 10.1. The molecule has 1 aromatic carbocycles. The zero-order valence-corrected chi connectivity index (χ0v) is 8.28. The largest absolute Gasteiger partial charge is 0.480 e. The van der Waals surface area contributed by atoms with Crippen molar-refractivity contribution in [3.8, 4) is 0 Å². The van der Waals surface area contributed by atoms with E-state index >= 15 is 0 Å². The molecule has 6 nitrogen and oxygen atoms in total. The van der Waals surface area contributed by atoms with Crippen LogP contribution in [0.1, 0.15) is 11.7 Å². The van der Waals surface area contributed by atoms with Crippen LogP contribution in [0.3, 0.4) is 0 Å². The van der Waals surface area contributed by atoms with Gasteiger partial charge in [0, 0.05) is 0 Å². The van der Waals surface area contributed by atoms with Gasteiger partial charge in [-0.3, -0.25) is 0 Å². The van der Waals surface area contributed by atoms with Gasteiger partial charge in [0.2, 0.25) is 0 Å². The summed E-state index contributed by atoms with van der Waals surface area (Å²) in [6.45, 7) is -0.778. The third kappa shape index (κ3) is 5.74. The number of benzene rings is 1. The standard InChI is InChI=1S/C8H8O3.C2H4O3/c9-7(8(10)11)6-4-2-1-3-5-6;3-1-2(4)5/h1-5,7,9H,(H,10,11);3H,1H2,(H,4,5). The van der Waals surface area contributed by atoms with Crippen molar-refractivity contribution >= 4 is 11.9 Å². The molecule has 0 bridgehead atoms. The molecule has 1 rings (SSSR count). The van der Waals surface area contributed by atoms with Crippen molar-refractivity contribution in [2.45, 2.75) is 6.10 Å². The van der Waals surface area contributed by atoms with Crippen molar-refractivity contribution in [1.82, 2.24) is 0 Å². The van der Waals surface area contributed by atoms with Gasteiger partial charge in [0.05, 0.1) is 0 Å². The monoisotopic (exact) mass is 228 g/mol. The summed E-state index contributed by atoms with van der Waals surface area (Å²) >= 11 is 0. The fourth-order valence-corrected chi connectivity index (χ4v) is 0.778. The zero-order valence-electron chi connectivity index (χ0n) is 8.28. The fraction of sp³-hybridized carbons (Fsp3) is 0.200. The van der Waals surface area contributed by atoms with E-state index in [4.69, 9.17) is 25.2 Å². The maximum atomic E-state index is 10.2. The predicted molar refractivity (Wildman–Crippen MR) is 53.8 cm³/mol. The lowest BCUT2D eigenvalue weighted by molar-refractivity contribution is -0.147. The third-order valence-electron chi connectivity index (χ3n) is 1.48. The highest BCUT2D eigenvalue weighted by atomic mass is 16.4. The number of carboxylic acids is 2. The fourth-order valence-electron chi connectivity index (χ4n) is 0.778. The number of carbonyl (C=O) groups is 2. The number of aliphatic carboxylic acids is 2. The highest BCUT2D eigenvalue weighted by molar-refractivity contribution is 5.73. The number of aliphatic hydroxyl groups excluding tert-OH is 2. The Morgan fingerprint density at radius 3 is 1.88 bits per heavy atom. The third-order valence-corrected chi connectivity index (χ3v) is 1.48. The average Bonchev–Trinajstić information content (AvgIpc) is 2.29. The molecular weight excluding hydrogens is 216 g/mol. The Labute approximate surface area is 91.4 Å². The van der Waals surface area contributed by atoms with Gasteiger partial charge in [-0.25, -0.2) is 9.59 Å². The van der Waals surface area contributed by atoms with Crippen LogP contribution in [0.5, 0.6) is 0 Å². The molecule has 88 valence electrons. The molecule has 0 spiro atoms. The van der Waals surface area contributed by atoms with E-state index < -0.39 is 24.6 Å². The molecule has 0 aliphatic carbocycles. The molecule has 0 heterocycles. The molecule has 1 unspecified atom stereocenters. The van der Waals surface area contributed by atoms with E-state index in [9.17, 15) is 4.79 Å². The first kappa shape index (κ1) is 14.1. The van der Waals surface area contributed by atoms with Crippen LogP contribution in [0.15, 0.2) is 30.3 Å². The molecule has 0 saturated heterocycles. The Hall–Kier alpha value is -1.92. The minimum absolute atomic E-state index is 0.403. The van der Waals surface area contributed by atoms with Gasteiger partial charge < -0.3 is 20.4 Å². The minimum atomic E-state index is -1.41. The summed E-state index contributed by atoms with van der Waals surface area (Å²) in [7, 11) is 0. The molecule has 0 radical (unpaired) electrons.